The van der Waals surface area contributed by atoms with Crippen LogP contribution in [0.15, 0.2) is 24.3 Å². The van der Waals surface area contributed by atoms with Crippen molar-refractivity contribution in [3.8, 4) is 0 Å². The molecule has 0 spiro atoms. The zero-order chi connectivity index (χ0) is 17.1. The van der Waals surface area contributed by atoms with Crippen molar-refractivity contribution in [1.29, 1.82) is 0 Å². The molecule has 1 aromatic heterocycles. The fourth-order valence-electron chi connectivity index (χ4n) is 3.20. The number of fused-ring (bicyclic) bond motifs is 1. The number of urea groups is 1. The summed E-state index contributed by atoms with van der Waals surface area (Å²) in [5.41, 5.74) is 1.07. The van der Waals surface area contributed by atoms with Crippen molar-refractivity contribution in [3.63, 3.8) is 0 Å². The lowest BCUT2D eigenvalue weighted by Crippen LogP contribution is -3.17. The first-order valence-electron chi connectivity index (χ1n) is 8.31. The van der Waals surface area contributed by atoms with Crippen LogP contribution in [0.25, 0.3) is 10.2 Å². The van der Waals surface area contributed by atoms with E-state index in [0.29, 0.717) is 5.92 Å². The number of benzene rings is 1. The van der Waals surface area contributed by atoms with E-state index < -0.39 is 6.03 Å². The maximum Gasteiger partial charge on any atom is 0.321 e. The van der Waals surface area contributed by atoms with Gasteiger partial charge in [-0.15, -0.1) is 11.3 Å². The van der Waals surface area contributed by atoms with E-state index in [9.17, 15) is 9.59 Å². The van der Waals surface area contributed by atoms with Crippen molar-refractivity contribution >= 4 is 33.5 Å². The molecule has 24 heavy (non-hydrogen) atoms. The second kappa shape index (κ2) is 7.27. The number of para-hydroxylation sites is 1. The lowest BCUT2D eigenvalue weighted by atomic mass is 9.96. The van der Waals surface area contributed by atoms with Gasteiger partial charge in [-0.25, -0.2) is 9.78 Å². The molecule has 1 aromatic carbocycles. The Balaban J connectivity index is 1.59. The van der Waals surface area contributed by atoms with Crippen LogP contribution in [0.4, 0.5) is 4.79 Å². The highest BCUT2D eigenvalue weighted by molar-refractivity contribution is 7.18. The molecule has 1 aliphatic rings. The molecular formula is C17H23N4O2S+. The van der Waals surface area contributed by atoms with Crippen molar-refractivity contribution < 1.29 is 14.5 Å². The van der Waals surface area contributed by atoms with Gasteiger partial charge in [0.15, 0.2) is 6.04 Å². The Morgan fingerprint density at radius 3 is 2.67 bits per heavy atom. The lowest BCUT2D eigenvalue weighted by molar-refractivity contribution is -0.919. The number of imide groups is 1. The fraction of sp³-hybridized carbons (Fsp3) is 0.471. The van der Waals surface area contributed by atoms with Crippen LogP contribution < -0.4 is 15.5 Å². The molecule has 2 aromatic rings. The van der Waals surface area contributed by atoms with E-state index in [4.69, 9.17) is 4.98 Å². The Morgan fingerprint density at radius 1 is 1.29 bits per heavy atom. The number of hydrogen-bond donors (Lipinski definition) is 3. The number of nitrogens with zero attached hydrogens (tertiary/aromatic N) is 1. The number of nitrogens with one attached hydrogen (secondary N) is 3. The molecule has 0 unspecified atom stereocenters. The van der Waals surface area contributed by atoms with Gasteiger partial charge >= 0.3 is 6.03 Å². The number of piperidine rings is 1. The molecule has 2 heterocycles. The number of carbonyl (C=O) groups is 2. The van der Waals surface area contributed by atoms with E-state index in [-0.39, 0.29) is 11.9 Å². The van der Waals surface area contributed by atoms with Gasteiger partial charge in [0.05, 0.1) is 28.3 Å². The highest BCUT2D eigenvalue weighted by Gasteiger charge is 2.32. The number of likely N-dealkylation sites (tertiary alicyclic amines) is 1. The molecule has 3 rings (SSSR count). The molecule has 1 aliphatic heterocycles. The first kappa shape index (κ1) is 16.9. The number of thiazole rings is 1. The Labute approximate surface area is 145 Å². The Hall–Kier alpha value is -1.99. The van der Waals surface area contributed by atoms with Gasteiger partial charge in [0.25, 0.3) is 5.91 Å². The van der Waals surface area contributed by atoms with Gasteiger partial charge in [-0.05, 0) is 19.1 Å². The second-order valence-corrected chi connectivity index (χ2v) is 7.30. The topological polar surface area (TPSA) is 75.5 Å². The molecular weight excluding hydrogens is 324 g/mol. The molecule has 6 nitrogen and oxygen atoms in total. The summed E-state index contributed by atoms with van der Waals surface area (Å²) in [6, 6.07) is 7.56. The fourth-order valence-corrected chi connectivity index (χ4v) is 4.34. The monoisotopic (exact) mass is 347 g/mol. The Bertz CT molecular complexity index is 704. The van der Waals surface area contributed by atoms with E-state index in [1.54, 1.807) is 11.3 Å². The van der Waals surface area contributed by atoms with E-state index in [0.717, 1.165) is 31.4 Å². The van der Waals surface area contributed by atoms with Crippen LogP contribution in [0, 0.1) is 0 Å². The van der Waals surface area contributed by atoms with Gasteiger partial charge in [-0.1, -0.05) is 12.1 Å². The Morgan fingerprint density at radius 2 is 2.00 bits per heavy atom. The Kier molecular flexibility index (Phi) is 5.11. The highest BCUT2D eigenvalue weighted by Crippen LogP contribution is 2.31. The van der Waals surface area contributed by atoms with Crippen LogP contribution in [0.1, 0.15) is 30.7 Å². The molecule has 1 fully saturated rings. The summed E-state index contributed by atoms with van der Waals surface area (Å²) in [4.78, 5) is 29.3. The smallest absolute Gasteiger partial charge is 0.321 e. The van der Waals surface area contributed by atoms with E-state index in [1.807, 2.05) is 19.1 Å². The largest absolute Gasteiger partial charge is 0.341 e. The zero-order valence-corrected chi connectivity index (χ0v) is 14.8. The van der Waals surface area contributed by atoms with Crippen LogP contribution in [-0.4, -0.2) is 43.1 Å². The van der Waals surface area contributed by atoms with Gasteiger partial charge in [0, 0.05) is 25.8 Å². The molecule has 0 bridgehead atoms. The van der Waals surface area contributed by atoms with Gasteiger partial charge in [-0.3, -0.25) is 10.1 Å². The quantitative estimate of drug-likeness (QED) is 0.772. The minimum Gasteiger partial charge on any atom is -0.341 e. The number of quaternary nitrogens is 1. The first-order chi connectivity index (χ1) is 11.6. The summed E-state index contributed by atoms with van der Waals surface area (Å²) < 4.78 is 1.24. The van der Waals surface area contributed by atoms with E-state index >= 15 is 0 Å². The predicted molar refractivity (Wildman–Crippen MR) is 94.4 cm³/mol. The number of aromatic nitrogens is 1. The van der Waals surface area contributed by atoms with Gasteiger partial charge in [0.2, 0.25) is 0 Å². The maximum absolute atomic E-state index is 12.1. The van der Waals surface area contributed by atoms with Gasteiger partial charge in [-0.2, -0.15) is 0 Å². The third-order valence-corrected chi connectivity index (χ3v) is 5.96. The average Bonchev–Trinajstić information content (AvgIpc) is 3.05. The number of rotatable bonds is 3. The number of amides is 3. The molecule has 3 N–H and O–H groups in total. The summed E-state index contributed by atoms with van der Waals surface area (Å²) in [6.45, 7) is 3.72. The molecule has 7 heteroatoms. The maximum atomic E-state index is 12.1. The summed E-state index contributed by atoms with van der Waals surface area (Å²) in [7, 11) is 1.50. The number of carbonyl (C=O) groups excluding carboxylic acids is 2. The predicted octanol–water partition coefficient (Wildman–Crippen LogP) is 0.903. The molecule has 0 radical (unpaired) electrons. The zero-order valence-electron chi connectivity index (χ0n) is 14.0. The molecule has 3 amide bonds. The van der Waals surface area contributed by atoms with E-state index in [2.05, 4.69) is 22.8 Å². The minimum atomic E-state index is -0.449. The van der Waals surface area contributed by atoms with Gasteiger partial charge in [0.1, 0.15) is 0 Å². The van der Waals surface area contributed by atoms with Crippen LogP contribution in [0.5, 0.6) is 0 Å². The average molecular weight is 347 g/mol. The first-order valence-corrected chi connectivity index (χ1v) is 9.12. The molecule has 0 aliphatic carbocycles. The second-order valence-electron chi connectivity index (χ2n) is 6.24. The minimum absolute atomic E-state index is 0.220. The van der Waals surface area contributed by atoms with Crippen LogP contribution in [0.3, 0.4) is 0 Å². The van der Waals surface area contributed by atoms with Crippen molar-refractivity contribution in [3.05, 3.63) is 29.3 Å². The van der Waals surface area contributed by atoms with Crippen molar-refractivity contribution in [2.75, 3.05) is 20.1 Å². The number of hydrogen-bond acceptors (Lipinski definition) is 4. The standard InChI is InChI=1S/C17H22N4O2S/c1-11(15(22)20-17(23)18-2)21-9-7-12(8-10-21)16-19-13-5-3-4-6-14(13)24-16/h3-6,11-12H,7-10H2,1-2H3,(H2,18,20,22,23)/p+1/t11-/m0/s1. The highest BCUT2D eigenvalue weighted by atomic mass is 32.1. The van der Waals surface area contributed by atoms with Gasteiger partial charge < -0.3 is 10.2 Å². The van der Waals surface area contributed by atoms with E-state index in [1.165, 1.54) is 21.7 Å². The van der Waals surface area contributed by atoms with Crippen LogP contribution in [-0.2, 0) is 4.79 Å². The third kappa shape index (κ3) is 3.57. The van der Waals surface area contributed by atoms with Crippen molar-refractivity contribution in [2.24, 2.45) is 0 Å². The molecule has 128 valence electrons. The van der Waals surface area contributed by atoms with Crippen LogP contribution in [0.2, 0.25) is 0 Å². The normalized spacial score (nSPS) is 22.1. The van der Waals surface area contributed by atoms with Crippen molar-refractivity contribution in [1.82, 2.24) is 15.6 Å². The summed E-state index contributed by atoms with van der Waals surface area (Å²) in [5.74, 6) is 0.253. The molecule has 1 saturated heterocycles. The molecule has 1 atom stereocenters. The lowest BCUT2D eigenvalue weighted by Gasteiger charge is -2.31. The summed E-state index contributed by atoms with van der Waals surface area (Å²) in [5, 5.41) is 5.98. The van der Waals surface area contributed by atoms with Crippen LogP contribution >= 0.6 is 11.3 Å². The summed E-state index contributed by atoms with van der Waals surface area (Å²) >= 11 is 1.78. The third-order valence-electron chi connectivity index (χ3n) is 4.76. The SMILES string of the molecule is CNC(=O)NC(=O)[C@H](C)[NH+]1CCC(c2nc3ccccc3s2)CC1. The molecule has 0 saturated carbocycles. The van der Waals surface area contributed by atoms with Crippen molar-refractivity contribution in [2.45, 2.75) is 31.7 Å². The summed E-state index contributed by atoms with van der Waals surface area (Å²) in [6.07, 6.45) is 2.04.